The molecule has 0 saturated heterocycles. The monoisotopic (exact) mass is 205 g/mol. The van der Waals surface area contributed by atoms with Gasteiger partial charge in [0.25, 0.3) is 0 Å². The lowest BCUT2D eigenvalue weighted by Crippen LogP contribution is -2.25. The third-order valence-electron chi connectivity index (χ3n) is 3.32. The molecule has 0 amide bonds. The molecule has 2 saturated carbocycles. The van der Waals surface area contributed by atoms with E-state index in [1.165, 1.54) is 31.2 Å². The zero-order valence-corrected chi connectivity index (χ0v) is 8.75. The van der Waals surface area contributed by atoms with Gasteiger partial charge in [0.15, 0.2) is 0 Å². The number of hydrogen-bond donors (Lipinski definition) is 1. The van der Waals surface area contributed by atoms with Crippen LogP contribution in [0, 0.1) is 11.7 Å². The molecule has 0 aromatic heterocycles. The average molecular weight is 205 g/mol. The van der Waals surface area contributed by atoms with Crippen molar-refractivity contribution in [3.63, 3.8) is 0 Å². The van der Waals surface area contributed by atoms with E-state index in [1.54, 1.807) is 12.1 Å². The van der Waals surface area contributed by atoms with Crippen LogP contribution in [0.5, 0.6) is 0 Å². The Morgan fingerprint density at radius 2 is 1.73 bits per heavy atom. The Labute approximate surface area is 89.7 Å². The summed E-state index contributed by atoms with van der Waals surface area (Å²) in [6.07, 6.45) is 5.26. The molecule has 0 radical (unpaired) electrons. The first-order chi connectivity index (χ1) is 7.33. The summed E-state index contributed by atoms with van der Waals surface area (Å²) in [6.45, 7) is 0. The molecular formula is C13H16FN. The highest BCUT2D eigenvalue weighted by Crippen LogP contribution is 2.42. The van der Waals surface area contributed by atoms with Crippen molar-refractivity contribution in [3.05, 3.63) is 35.6 Å². The molecule has 1 aromatic carbocycles. The van der Waals surface area contributed by atoms with Gasteiger partial charge in [0.05, 0.1) is 0 Å². The van der Waals surface area contributed by atoms with E-state index in [-0.39, 0.29) is 5.82 Å². The molecule has 1 nitrogen and oxygen atoms in total. The fraction of sp³-hybridized carbons (Fsp3) is 0.538. The minimum Gasteiger partial charge on any atom is -0.307 e. The standard InChI is InChI=1S/C13H16FN/c14-11-5-3-10(4-6-11)13(9-1-2-9)15-12-7-8-12/h3-6,9,12-13,15H,1-2,7-8H2. The van der Waals surface area contributed by atoms with E-state index in [0.717, 1.165) is 12.0 Å². The van der Waals surface area contributed by atoms with Crippen LogP contribution in [0.15, 0.2) is 24.3 Å². The Bertz CT molecular complexity index is 338. The first-order valence-electron chi connectivity index (χ1n) is 5.84. The minimum atomic E-state index is -0.139. The van der Waals surface area contributed by atoms with E-state index in [4.69, 9.17) is 0 Å². The van der Waals surface area contributed by atoms with Crippen molar-refractivity contribution in [2.75, 3.05) is 0 Å². The maximum Gasteiger partial charge on any atom is 0.123 e. The van der Waals surface area contributed by atoms with Gasteiger partial charge in [-0.3, -0.25) is 0 Å². The third kappa shape index (κ3) is 2.20. The highest BCUT2D eigenvalue weighted by atomic mass is 19.1. The normalized spacial score (nSPS) is 22.7. The van der Waals surface area contributed by atoms with E-state index >= 15 is 0 Å². The fourth-order valence-electron chi connectivity index (χ4n) is 2.11. The Hall–Kier alpha value is -0.890. The Morgan fingerprint density at radius 3 is 2.27 bits per heavy atom. The van der Waals surface area contributed by atoms with Crippen LogP contribution in [-0.4, -0.2) is 6.04 Å². The topological polar surface area (TPSA) is 12.0 Å². The average Bonchev–Trinajstić information content (AvgIpc) is 3.10. The molecule has 1 atom stereocenters. The van der Waals surface area contributed by atoms with Crippen molar-refractivity contribution in [3.8, 4) is 0 Å². The Morgan fingerprint density at radius 1 is 1.07 bits per heavy atom. The van der Waals surface area contributed by atoms with Crippen LogP contribution < -0.4 is 5.32 Å². The summed E-state index contributed by atoms with van der Waals surface area (Å²) in [4.78, 5) is 0. The molecule has 1 N–H and O–H groups in total. The maximum absolute atomic E-state index is 12.8. The largest absolute Gasteiger partial charge is 0.307 e. The second-order valence-corrected chi connectivity index (χ2v) is 4.81. The van der Waals surface area contributed by atoms with E-state index in [9.17, 15) is 4.39 Å². The molecule has 15 heavy (non-hydrogen) atoms. The smallest absolute Gasteiger partial charge is 0.123 e. The van der Waals surface area contributed by atoms with Gasteiger partial charge in [0.1, 0.15) is 5.82 Å². The summed E-state index contributed by atoms with van der Waals surface area (Å²) in [5.41, 5.74) is 1.26. The van der Waals surface area contributed by atoms with Crippen molar-refractivity contribution >= 4 is 0 Å². The summed E-state index contributed by atoms with van der Waals surface area (Å²) in [7, 11) is 0. The summed E-state index contributed by atoms with van der Waals surface area (Å²) < 4.78 is 12.8. The predicted octanol–water partition coefficient (Wildman–Crippen LogP) is 3.03. The Kier molecular flexibility index (Phi) is 2.24. The molecule has 2 heteroatoms. The van der Waals surface area contributed by atoms with Crippen LogP contribution in [0.1, 0.15) is 37.3 Å². The zero-order chi connectivity index (χ0) is 10.3. The molecule has 2 aliphatic rings. The fourth-order valence-corrected chi connectivity index (χ4v) is 2.11. The lowest BCUT2D eigenvalue weighted by Gasteiger charge is -2.18. The molecule has 0 bridgehead atoms. The number of halogens is 1. The molecular weight excluding hydrogens is 189 g/mol. The summed E-state index contributed by atoms with van der Waals surface area (Å²) in [5.74, 6) is 0.649. The van der Waals surface area contributed by atoms with Crippen LogP contribution in [-0.2, 0) is 0 Å². The molecule has 0 aliphatic heterocycles. The van der Waals surface area contributed by atoms with Crippen LogP contribution in [0.2, 0.25) is 0 Å². The van der Waals surface area contributed by atoms with Crippen molar-refractivity contribution in [2.45, 2.75) is 37.8 Å². The lowest BCUT2D eigenvalue weighted by molar-refractivity contribution is 0.477. The van der Waals surface area contributed by atoms with E-state index in [1.807, 2.05) is 12.1 Å². The number of rotatable bonds is 4. The van der Waals surface area contributed by atoms with E-state index < -0.39 is 0 Å². The predicted molar refractivity (Wildman–Crippen MR) is 58.0 cm³/mol. The molecule has 2 fully saturated rings. The number of hydrogen-bond acceptors (Lipinski definition) is 1. The van der Waals surface area contributed by atoms with Gasteiger partial charge in [-0.25, -0.2) is 4.39 Å². The van der Waals surface area contributed by atoms with Crippen LogP contribution in [0.3, 0.4) is 0 Å². The van der Waals surface area contributed by atoms with Gasteiger partial charge in [-0.05, 0) is 49.3 Å². The number of nitrogens with one attached hydrogen (secondary N) is 1. The highest BCUT2D eigenvalue weighted by molar-refractivity contribution is 5.22. The molecule has 0 heterocycles. The third-order valence-corrected chi connectivity index (χ3v) is 3.32. The Balaban J connectivity index is 1.77. The first-order valence-corrected chi connectivity index (χ1v) is 5.84. The molecule has 80 valence electrons. The van der Waals surface area contributed by atoms with Crippen molar-refractivity contribution in [2.24, 2.45) is 5.92 Å². The SMILES string of the molecule is Fc1ccc(C(NC2CC2)C2CC2)cc1. The summed E-state index contributed by atoms with van der Waals surface area (Å²) in [6, 6.07) is 8.18. The van der Waals surface area contributed by atoms with Crippen LogP contribution in [0.25, 0.3) is 0 Å². The van der Waals surface area contributed by atoms with Crippen LogP contribution in [0.4, 0.5) is 4.39 Å². The first kappa shape index (κ1) is 9.34. The van der Waals surface area contributed by atoms with Gasteiger partial charge < -0.3 is 5.32 Å². The minimum absolute atomic E-state index is 0.139. The van der Waals surface area contributed by atoms with Crippen molar-refractivity contribution < 1.29 is 4.39 Å². The molecule has 2 aliphatic carbocycles. The van der Waals surface area contributed by atoms with Crippen LogP contribution >= 0.6 is 0 Å². The van der Waals surface area contributed by atoms with Gasteiger partial charge in [0, 0.05) is 12.1 Å². The molecule has 1 aromatic rings. The van der Waals surface area contributed by atoms with Gasteiger partial charge >= 0.3 is 0 Å². The lowest BCUT2D eigenvalue weighted by atomic mass is 10.0. The zero-order valence-electron chi connectivity index (χ0n) is 8.75. The second kappa shape index (κ2) is 3.60. The van der Waals surface area contributed by atoms with Gasteiger partial charge in [-0.1, -0.05) is 12.1 Å². The molecule has 3 rings (SSSR count). The molecule has 0 spiro atoms. The van der Waals surface area contributed by atoms with E-state index in [0.29, 0.717) is 6.04 Å². The maximum atomic E-state index is 12.8. The van der Waals surface area contributed by atoms with Gasteiger partial charge in [0.2, 0.25) is 0 Å². The van der Waals surface area contributed by atoms with Crippen molar-refractivity contribution in [1.82, 2.24) is 5.32 Å². The van der Waals surface area contributed by atoms with E-state index in [2.05, 4.69) is 5.32 Å². The summed E-state index contributed by atoms with van der Waals surface area (Å²) in [5, 5.41) is 3.67. The second-order valence-electron chi connectivity index (χ2n) is 4.81. The van der Waals surface area contributed by atoms with Gasteiger partial charge in [-0.15, -0.1) is 0 Å². The van der Waals surface area contributed by atoms with Crippen molar-refractivity contribution in [1.29, 1.82) is 0 Å². The molecule has 1 unspecified atom stereocenters. The highest BCUT2D eigenvalue weighted by Gasteiger charge is 2.35. The van der Waals surface area contributed by atoms with Gasteiger partial charge in [-0.2, -0.15) is 0 Å². The summed E-state index contributed by atoms with van der Waals surface area (Å²) >= 11 is 0. The number of benzene rings is 1. The quantitative estimate of drug-likeness (QED) is 0.796.